The third-order valence-corrected chi connectivity index (χ3v) is 3.32. The first kappa shape index (κ1) is 10.4. The van der Waals surface area contributed by atoms with Gasteiger partial charge in [-0.1, -0.05) is 0 Å². The molecule has 0 aromatic rings. The maximum Gasteiger partial charge on any atom is 0.307 e. The van der Waals surface area contributed by atoms with Gasteiger partial charge in [0.05, 0.1) is 11.8 Å². The first-order valence-corrected chi connectivity index (χ1v) is 5.31. The molecule has 0 amide bonds. The molecule has 0 saturated carbocycles. The zero-order valence-corrected chi connectivity index (χ0v) is 7.92. The summed E-state index contributed by atoms with van der Waals surface area (Å²) >= 11 is 1.63. The van der Waals surface area contributed by atoms with E-state index in [4.69, 9.17) is 10.2 Å². The number of carboxylic acids is 2. The van der Waals surface area contributed by atoms with Crippen molar-refractivity contribution in [3.63, 3.8) is 0 Å². The van der Waals surface area contributed by atoms with Crippen molar-refractivity contribution in [2.24, 2.45) is 11.8 Å². The quantitative estimate of drug-likeness (QED) is 0.699. The van der Waals surface area contributed by atoms with Crippen molar-refractivity contribution in [3.05, 3.63) is 0 Å². The molecule has 1 aliphatic rings. The number of carbonyl (C=O) groups is 2. The maximum atomic E-state index is 10.7. The van der Waals surface area contributed by atoms with Gasteiger partial charge in [-0.15, -0.1) is 0 Å². The molecule has 0 aliphatic carbocycles. The van der Waals surface area contributed by atoms with E-state index in [1.807, 2.05) is 0 Å². The van der Waals surface area contributed by atoms with E-state index in [1.54, 1.807) is 11.8 Å². The van der Waals surface area contributed by atoms with Crippen LogP contribution >= 0.6 is 11.8 Å². The lowest BCUT2D eigenvalue weighted by Crippen LogP contribution is -2.29. The molecule has 0 unspecified atom stereocenters. The van der Waals surface area contributed by atoms with Crippen LogP contribution < -0.4 is 0 Å². The summed E-state index contributed by atoms with van der Waals surface area (Å²) in [6, 6.07) is 0. The molecule has 0 spiro atoms. The number of aliphatic carboxylic acids is 2. The van der Waals surface area contributed by atoms with Crippen LogP contribution in [0.25, 0.3) is 0 Å². The highest BCUT2D eigenvalue weighted by molar-refractivity contribution is 7.99. The number of carboxylic acid groups (broad SMARTS) is 2. The Bertz CT molecular complexity index is 194. The van der Waals surface area contributed by atoms with Gasteiger partial charge in [-0.2, -0.15) is 11.8 Å². The number of thioether (sulfide) groups is 1. The van der Waals surface area contributed by atoms with E-state index >= 15 is 0 Å². The van der Waals surface area contributed by atoms with Gasteiger partial charge < -0.3 is 10.2 Å². The molecular formula is C8H12O4S. The fourth-order valence-electron chi connectivity index (χ4n) is 1.52. The Morgan fingerprint density at radius 3 is 1.69 bits per heavy atom. The van der Waals surface area contributed by atoms with Gasteiger partial charge in [-0.05, 0) is 24.3 Å². The molecule has 0 bridgehead atoms. The maximum absolute atomic E-state index is 10.7. The van der Waals surface area contributed by atoms with Crippen LogP contribution in [0.4, 0.5) is 0 Å². The number of hydrogen-bond acceptors (Lipinski definition) is 3. The Morgan fingerprint density at radius 1 is 1.00 bits per heavy atom. The van der Waals surface area contributed by atoms with Crippen molar-refractivity contribution < 1.29 is 19.8 Å². The Morgan fingerprint density at radius 2 is 1.38 bits per heavy atom. The second-order valence-corrected chi connectivity index (χ2v) is 4.30. The zero-order valence-electron chi connectivity index (χ0n) is 7.10. The molecule has 2 N–H and O–H groups in total. The highest BCUT2D eigenvalue weighted by Crippen LogP contribution is 2.28. The third kappa shape index (κ3) is 2.62. The van der Waals surface area contributed by atoms with E-state index < -0.39 is 23.8 Å². The van der Waals surface area contributed by atoms with Crippen LogP contribution in [0.2, 0.25) is 0 Å². The Hall–Kier alpha value is -0.710. The highest BCUT2D eigenvalue weighted by Gasteiger charge is 2.34. The molecule has 74 valence electrons. The van der Waals surface area contributed by atoms with Crippen LogP contribution in [0.5, 0.6) is 0 Å². The SMILES string of the molecule is O=C(O)[C@@H]1CCSCC[C@H]1C(=O)O. The summed E-state index contributed by atoms with van der Waals surface area (Å²) < 4.78 is 0. The Balaban J connectivity index is 2.72. The van der Waals surface area contributed by atoms with E-state index in [0.717, 1.165) is 11.5 Å². The molecule has 2 atom stereocenters. The second-order valence-electron chi connectivity index (χ2n) is 3.08. The van der Waals surface area contributed by atoms with Gasteiger partial charge in [0.2, 0.25) is 0 Å². The monoisotopic (exact) mass is 204 g/mol. The summed E-state index contributed by atoms with van der Waals surface area (Å²) in [6.07, 6.45) is 0.938. The molecule has 1 saturated heterocycles. The largest absolute Gasteiger partial charge is 0.481 e. The van der Waals surface area contributed by atoms with Gasteiger partial charge in [0.15, 0.2) is 0 Å². The molecule has 1 aliphatic heterocycles. The summed E-state index contributed by atoms with van der Waals surface area (Å²) in [6.45, 7) is 0. The molecule has 5 heteroatoms. The first-order valence-electron chi connectivity index (χ1n) is 4.16. The average molecular weight is 204 g/mol. The molecule has 0 radical (unpaired) electrons. The van der Waals surface area contributed by atoms with E-state index in [-0.39, 0.29) is 0 Å². The summed E-state index contributed by atoms with van der Waals surface area (Å²) in [4.78, 5) is 21.5. The number of hydrogen-bond donors (Lipinski definition) is 2. The van der Waals surface area contributed by atoms with Crippen LogP contribution in [-0.4, -0.2) is 33.7 Å². The van der Waals surface area contributed by atoms with Crippen molar-refractivity contribution >= 4 is 23.7 Å². The number of rotatable bonds is 2. The topological polar surface area (TPSA) is 74.6 Å². The molecular weight excluding hydrogens is 192 g/mol. The van der Waals surface area contributed by atoms with E-state index in [0.29, 0.717) is 12.8 Å². The van der Waals surface area contributed by atoms with Crippen LogP contribution in [0, 0.1) is 11.8 Å². The predicted octanol–water partition coefficient (Wildman–Crippen LogP) is 0.915. The Labute approximate surface area is 80.3 Å². The lowest BCUT2D eigenvalue weighted by molar-refractivity contribution is -0.153. The van der Waals surface area contributed by atoms with Gasteiger partial charge in [0.25, 0.3) is 0 Å². The standard InChI is InChI=1S/C8H12O4S/c9-7(10)5-1-3-13-4-2-6(5)8(11)12/h5-6H,1-4H2,(H,9,10)(H,11,12)/t5-,6-/m1/s1. The highest BCUT2D eigenvalue weighted by atomic mass is 32.2. The van der Waals surface area contributed by atoms with E-state index in [9.17, 15) is 9.59 Å². The minimum absolute atomic E-state index is 0.469. The van der Waals surface area contributed by atoms with Gasteiger partial charge in [0, 0.05) is 0 Å². The summed E-state index contributed by atoms with van der Waals surface area (Å²) in [5, 5.41) is 17.6. The average Bonchev–Trinajstić information content (AvgIpc) is 2.27. The van der Waals surface area contributed by atoms with E-state index in [1.165, 1.54) is 0 Å². The van der Waals surface area contributed by atoms with Crippen molar-refractivity contribution in [1.29, 1.82) is 0 Å². The molecule has 13 heavy (non-hydrogen) atoms. The van der Waals surface area contributed by atoms with Crippen molar-refractivity contribution in [3.8, 4) is 0 Å². The summed E-state index contributed by atoms with van der Waals surface area (Å²) in [5.41, 5.74) is 0. The molecule has 1 rings (SSSR count). The van der Waals surface area contributed by atoms with Crippen LogP contribution in [0.15, 0.2) is 0 Å². The van der Waals surface area contributed by atoms with Gasteiger partial charge >= 0.3 is 11.9 Å². The third-order valence-electron chi connectivity index (χ3n) is 2.27. The van der Waals surface area contributed by atoms with Crippen LogP contribution in [0.3, 0.4) is 0 Å². The normalized spacial score (nSPS) is 29.2. The Kier molecular flexibility index (Phi) is 3.59. The molecule has 0 aromatic heterocycles. The first-order chi connectivity index (χ1) is 6.13. The minimum Gasteiger partial charge on any atom is -0.481 e. The fraction of sp³-hybridized carbons (Fsp3) is 0.750. The van der Waals surface area contributed by atoms with Crippen LogP contribution in [0.1, 0.15) is 12.8 Å². The van der Waals surface area contributed by atoms with Gasteiger partial charge in [0.1, 0.15) is 0 Å². The van der Waals surface area contributed by atoms with Crippen LogP contribution in [-0.2, 0) is 9.59 Å². The molecule has 1 heterocycles. The second kappa shape index (κ2) is 4.50. The van der Waals surface area contributed by atoms with E-state index in [2.05, 4.69) is 0 Å². The predicted molar refractivity (Wildman–Crippen MR) is 48.8 cm³/mol. The minimum atomic E-state index is -0.977. The van der Waals surface area contributed by atoms with Crippen molar-refractivity contribution in [2.45, 2.75) is 12.8 Å². The van der Waals surface area contributed by atoms with Crippen molar-refractivity contribution in [1.82, 2.24) is 0 Å². The van der Waals surface area contributed by atoms with Gasteiger partial charge in [-0.25, -0.2) is 0 Å². The molecule has 1 fully saturated rings. The van der Waals surface area contributed by atoms with Crippen molar-refractivity contribution in [2.75, 3.05) is 11.5 Å². The molecule has 0 aromatic carbocycles. The summed E-state index contributed by atoms with van der Waals surface area (Å²) in [7, 11) is 0. The molecule has 4 nitrogen and oxygen atoms in total. The van der Waals surface area contributed by atoms with Gasteiger partial charge in [-0.3, -0.25) is 9.59 Å². The zero-order chi connectivity index (χ0) is 9.84. The fourth-order valence-corrected chi connectivity index (χ4v) is 2.56. The lowest BCUT2D eigenvalue weighted by Gasteiger charge is -2.15. The smallest absolute Gasteiger partial charge is 0.307 e. The lowest BCUT2D eigenvalue weighted by atomic mass is 9.88. The summed E-state index contributed by atoms with van der Waals surface area (Å²) in [5.74, 6) is -1.86.